The molecule has 140 valence electrons. The summed E-state index contributed by atoms with van der Waals surface area (Å²) < 4.78 is 6.64. The average molecular weight is 473 g/mol. The van der Waals surface area contributed by atoms with Gasteiger partial charge in [-0.1, -0.05) is 53.5 Å². The van der Waals surface area contributed by atoms with Crippen molar-refractivity contribution in [1.29, 1.82) is 0 Å². The summed E-state index contributed by atoms with van der Waals surface area (Å²) in [5.41, 5.74) is 0. The number of hydrogen-bond donors (Lipinski definition) is 0. The molecule has 0 saturated heterocycles. The molecule has 0 aromatic carbocycles. The topological polar surface area (TPSA) is 9.23 Å². The summed E-state index contributed by atoms with van der Waals surface area (Å²) in [6, 6.07) is 0. The van der Waals surface area contributed by atoms with E-state index in [1.165, 1.54) is 0 Å². The maximum atomic E-state index is 5.54. The molecule has 0 N–H and O–H groups in total. The van der Waals surface area contributed by atoms with Crippen LogP contribution in [-0.4, -0.2) is 46.3 Å². The zero-order chi connectivity index (χ0) is 18.5. The third-order valence-corrected chi connectivity index (χ3v) is 13.1. The molecule has 0 aromatic rings. The molecule has 0 aromatic heterocycles. The second-order valence-corrected chi connectivity index (χ2v) is 20.3. The van der Waals surface area contributed by atoms with Gasteiger partial charge in [0, 0.05) is 17.6 Å². The van der Waals surface area contributed by atoms with Crippen LogP contribution in [0.15, 0.2) is 0 Å². The van der Waals surface area contributed by atoms with E-state index in [-0.39, 0.29) is 17.6 Å². The second kappa shape index (κ2) is 10.5. The fourth-order valence-electron chi connectivity index (χ4n) is 4.25. The molecule has 1 nitrogen and oxygen atoms in total. The van der Waals surface area contributed by atoms with Gasteiger partial charge in [0.1, 0.15) is 0 Å². The summed E-state index contributed by atoms with van der Waals surface area (Å²) in [4.78, 5) is 0. The van der Waals surface area contributed by atoms with Crippen LogP contribution in [0.1, 0.15) is 52.9 Å². The van der Waals surface area contributed by atoms with Crippen LogP contribution < -0.4 is 0 Å². The summed E-state index contributed by atoms with van der Waals surface area (Å²) in [6.07, 6.45) is 7.87. The smallest absolute Gasteiger partial charge is 0.0470 e. The van der Waals surface area contributed by atoms with Gasteiger partial charge in [0.15, 0.2) is 0 Å². The Hall–Kier alpha value is 1.19. The molecule has 4 saturated carbocycles. The van der Waals surface area contributed by atoms with Gasteiger partial charge in [-0.3, -0.25) is 0 Å². The molecular formula is C20H42OSi2Sn. The van der Waals surface area contributed by atoms with Gasteiger partial charge >= 0.3 is 91.4 Å². The number of hydrogen-bond acceptors (Lipinski definition) is 1. The molecule has 4 aliphatic carbocycles. The Morgan fingerprint density at radius 3 is 1.38 bits per heavy atom. The van der Waals surface area contributed by atoms with Crippen LogP contribution in [0.25, 0.3) is 0 Å². The van der Waals surface area contributed by atoms with E-state index in [9.17, 15) is 0 Å². The van der Waals surface area contributed by atoms with Crippen molar-refractivity contribution in [3.8, 4) is 0 Å². The predicted octanol–water partition coefficient (Wildman–Crippen LogP) is 6.41. The van der Waals surface area contributed by atoms with E-state index in [1.54, 1.807) is 32.1 Å². The third kappa shape index (κ3) is 7.83. The number of rotatable bonds is 2. The molecule has 4 aliphatic rings. The van der Waals surface area contributed by atoms with Gasteiger partial charge in [0.2, 0.25) is 0 Å². The van der Waals surface area contributed by atoms with E-state index in [4.69, 9.17) is 3.07 Å². The van der Waals surface area contributed by atoms with Gasteiger partial charge in [-0.25, -0.2) is 0 Å². The summed E-state index contributed by atoms with van der Waals surface area (Å²) >= 11 is -0.453. The van der Waals surface area contributed by atoms with Crippen LogP contribution in [0.3, 0.4) is 0 Å². The van der Waals surface area contributed by atoms with E-state index in [0.717, 1.165) is 27.6 Å². The van der Waals surface area contributed by atoms with E-state index < -0.39 is 21.6 Å². The molecule has 4 fully saturated rings. The quantitative estimate of drug-likeness (QED) is 0.422. The molecule has 0 spiro atoms. The van der Waals surface area contributed by atoms with Gasteiger partial charge in [0.05, 0.1) is 0 Å². The molecule has 0 atom stereocenters. The Labute approximate surface area is 167 Å². The summed E-state index contributed by atoms with van der Waals surface area (Å²) in [5.74, 6) is 4.50. The monoisotopic (exact) mass is 474 g/mol. The van der Waals surface area contributed by atoms with Crippen LogP contribution in [0.2, 0.25) is 41.7 Å². The van der Waals surface area contributed by atoms with Crippen molar-refractivity contribution in [2.24, 2.45) is 23.7 Å². The molecule has 0 unspecified atom stereocenters. The van der Waals surface area contributed by atoms with E-state index in [2.05, 4.69) is 53.5 Å². The van der Waals surface area contributed by atoms with Crippen molar-refractivity contribution in [1.82, 2.24) is 0 Å². The Balaban J connectivity index is 0.000000224. The fraction of sp³-hybridized carbons (Fsp3) is 1.00. The molecule has 24 heavy (non-hydrogen) atoms. The van der Waals surface area contributed by atoms with Crippen molar-refractivity contribution >= 4 is 39.1 Å². The van der Waals surface area contributed by atoms with E-state index in [1.807, 2.05) is 7.11 Å². The van der Waals surface area contributed by atoms with E-state index in [0.29, 0.717) is 5.04 Å². The summed E-state index contributed by atoms with van der Waals surface area (Å²) in [7, 11) is 2.01. The minimum absolute atomic E-state index is 0.0502. The van der Waals surface area contributed by atoms with Gasteiger partial charge < -0.3 is 0 Å². The first kappa shape index (κ1) is 23.2. The van der Waals surface area contributed by atoms with Crippen molar-refractivity contribution in [2.45, 2.75) is 94.6 Å². The minimum atomic E-state index is -0.453. The van der Waals surface area contributed by atoms with Crippen LogP contribution in [0.5, 0.6) is 0 Å². The molecule has 4 bridgehead atoms. The summed E-state index contributed by atoms with van der Waals surface area (Å²) in [6.45, 7) is 18.4. The first-order chi connectivity index (χ1) is 11.0. The zero-order valence-corrected chi connectivity index (χ0v) is 22.7. The molecule has 0 heterocycles. The SMILES string of the molecule is C[O][Sn][CH]1C2CC3CC(C2)CC1C3.C[Si](C)C.C[Si](C)C(C)(C)C. The molecule has 0 amide bonds. The van der Waals surface area contributed by atoms with Gasteiger partial charge in [-0.15, -0.1) is 0 Å². The molecule has 4 heteroatoms. The van der Waals surface area contributed by atoms with Crippen molar-refractivity contribution in [3.63, 3.8) is 0 Å². The van der Waals surface area contributed by atoms with Crippen LogP contribution in [0, 0.1) is 23.7 Å². The largest absolute Gasteiger partial charge is 0.0715 e. The molecule has 4 radical (unpaired) electrons. The van der Waals surface area contributed by atoms with Crippen LogP contribution in [-0.2, 0) is 3.07 Å². The molecular weight excluding hydrogens is 431 g/mol. The van der Waals surface area contributed by atoms with Crippen molar-refractivity contribution in [2.75, 3.05) is 7.11 Å². The van der Waals surface area contributed by atoms with Gasteiger partial charge in [0.25, 0.3) is 0 Å². The standard InChI is InChI=1S/C10H15.C6H15Si.C3H9Si.CH3O.Sn/c1-7-2-9-4-8(1)5-10(3-7)6-9;1-6(2,3)7(4)5;1-4(2)3;1-2;/h1,7-10H,2-6H2;1-5H3;1-3H3;1H3;/q;;;-1;+1. The van der Waals surface area contributed by atoms with Crippen LogP contribution in [0.4, 0.5) is 0 Å². The van der Waals surface area contributed by atoms with Gasteiger partial charge in [-0.2, -0.15) is 0 Å². The Kier molecular flexibility index (Phi) is 10.2. The van der Waals surface area contributed by atoms with Crippen LogP contribution >= 0.6 is 0 Å². The predicted molar refractivity (Wildman–Crippen MR) is 114 cm³/mol. The Morgan fingerprint density at radius 2 is 1.12 bits per heavy atom. The zero-order valence-electron chi connectivity index (χ0n) is 17.8. The maximum absolute atomic E-state index is 5.54. The minimum Gasteiger partial charge on any atom is -0.0715 e. The molecule has 0 aliphatic heterocycles. The Bertz CT molecular complexity index is 321. The van der Waals surface area contributed by atoms with Crippen molar-refractivity contribution in [3.05, 3.63) is 0 Å². The van der Waals surface area contributed by atoms with E-state index >= 15 is 0 Å². The van der Waals surface area contributed by atoms with Crippen molar-refractivity contribution < 1.29 is 3.07 Å². The average Bonchev–Trinajstić information content (AvgIpc) is 2.41. The first-order valence-corrected chi connectivity index (χ1v) is 18.2. The third-order valence-electron chi connectivity index (χ3n) is 5.98. The first-order valence-electron chi connectivity index (χ1n) is 9.90. The second-order valence-electron chi connectivity index (χ2n) is 10.0. The fourth-order valence-corrected chi connectivity index (χ4v) is 7.68. The molecule has 4 rings (SSSR count). The normalized spacial score (nSPS) is 33.9. The maximum Gasteiger partial charge on any atom is 0.0470 e. The summed E-state index contributed by atoms with van der Waals surface area (Å²) in [5, 5.41) is 0.602. The van der Waals surface area contributed by atoms with Gasteiger partial charge in [-0.05, 0) is 5.04 Å². The Morgan fingerprint density at radius 1 is 0.792 bits per heavy atom.